The molecule has 0 saturated carbocycles. The molecule has 0 aliphatic carbocycles. The van der Waals surface area contributed by atoms with Crippen LogP contribution in [0, 0.1) is 5.82 Å². The van der Waals surface area contributed by atoms with E-state index in [0.717, 1.165) is 11.1 Å². The molecule has 1 aromatic carbocycles. The summed E-state index contributed by atoms with van der Waals surface area (Å²) >= 11 is 0. The number of rotatable bonds is 3. The molecule has 4 nitrogen and oxygen atoms in total. The fraction of sp³-hybridized carbons (Fsp3) is 0. The smallest absolute Gasteiger partial charge is 0.321 e. The third kappa shape index (κ3) is 2.77. The van der Waals surface area contributed by atoms with E-state index < -0.39 is 0 Å². The second-order valence-electron chi connectivity index (χ2n) is 4.11. The van der Waals surface area contributed by atoms with Crippen LogP contribution in [0.3, 0.4) is 0 Å². The van der Waals surface area contributed by atoms with Crippen molar-refractivity contribution in [2.24, 2.45) is 0 Å². The Morgan fingerprint density at radius 2 is 1.85 bits per heavy atom. The molecule has 0 aliphatic rings. The highest BCUT2D eigenvalue weighted by Gasteiger charge is 2.04. The number of aromatic nitrogens is 3. The van der Waals surface area contributed by atoms with Crippen LogP contribution in [-0.4, -0.2) is 9.97 Å². The summed E-state index contributed by atoms with van der Waals surface area (Å²) in [5.74, 6) is 0.00439. The lowest BCUT2D eigenvalue weighted by Gasteiger charge is -2.04. The van der Waals surface area contributed by atoms with Crippen LogP contribution in [0.5, 0.6) is 11.8 Å². The molecule has 0 unspecified atom stereocenters. The largest absolute Gasteiger partial charge is 0.424 e. The molecule has 0 amide bonds. The summed E-state index contributed by atoms with van der Waals surface area (Å²) in [6, 6.07) is 9.87. The van der Waals surface area contributed by atoms with Crippen LogP contribution in [0.2, 0.25) is 0 Å². The Bertz CT molecular complexity index is 702. The number of nitrogens with one attached hydrogen (secondary N) is 1. The average Bonchev–Trinajstić information content (AvgIpc) is 2.49. The molecular weight excluding hydrogens is 257 g/mol. The summed E-state index contributed by atoms with van der Waals surface area (Å²) in [6.07, 6.45) is 6.99. The van der Waals surface area contributed by atoms with E-state index in [1.165, 1.54) is 12.1 Å². The molecule has 2 aromatic heterocycles. The number of ether oxygens (including phenoxy) is 1. The van der Waals surface area contributed by atoms with Crippen molar-refractivity contribution in [2.75, 3.05) is 0 Å². The van der Waals surface area contributed by atoms with Crippen LogP contribution in [0.25, 0.3) is 11.1 Å². The van der Waals surface area contributed by atoms with E-state index in [1.807, 2.05) is 24.5 Å². The van der Waals surface area contributed by atoms with Gasteiger partial charge in [0, 0.05) is 35.7 Å². The molecule has 0 bridgehead atoms. The topological polar surface area (TPSA) is 49.2 Å². The molecule has 5 heteroatoms. The lowest BCUT2D eigenvalue weighted by atomic mass is 10.2. The number of nitrogens with zero attached hydrogens (tertiary/aromatic N) is 2. The van der Waals surface area contributed by atoms with Gasteiger partial charge in [-0.1, -0.05) is 6.07 Å². The van der Waals surface area contributed by atoms with Crippen LogP contribution >= 0.6 is 0 Å². The first-order valence-electron chi connectivity index (χ1n) is 6.03. The van der Waals surface area contributed by atoms with E-state index in [1.54, 1.807) is 24.5 Å². The van der Waals surface area contributed by atoms with Crippen molar-refractivity contribution in [3.8, 4) is 22.9 Å². The fourth-order valence-corrected chi connectivity index (χ4v) is 1.73. The van der Waals surface area contributed by atoms with Gasteiger partial charge in [0.25, 0.3) is 0 Å². The third-order valence-electron chi connectivity index (χ3n) is 2.67. The predicted octanol–water partition coefficient (Wildman–Crippen LogP) is 2.89. The zero-order chi connectivity index (χ0) is 13.8. The van der Waals surface area contributed by atoms with Crippen molar-refractivity contribution in [3.63, 3.8) is 0 Å². The lowest BCUT2D eigenvalue weighted by Crippen LogP contribution is -1.99. The first-order valence-corrected chi connectivity index (χ1v) is 6.03. The second kappa shape index (κ2) is 5.44. The highest BCUT2D eigenvalue weighted by molar-refractivity contribution is 5.59. The summed E-state index contributed by atoms with van der Waals surface area (Å²) in [7, 11) is 0. The third-order valence-corrected chi connectivity index (χ3v) is 2.67. The van der Waals surface area contributed by atoms with Crippen LogP contribution in [0.15, 0.2) is 61.2 Å². The molecule has 0 fully saturated rings. The number of hydrogen-bond donors (Lipinski definition) is 0. The minimum absolute atomic E-state index is 0.180. The lowest BCUT2D eigenvalue weighted by molar-refractivity contribution is -0.377. The number of benzene rings is 1. The maximum absolute atomic E-state index is 13.0. The Hall–Kier alpha value is -2.82. The summed E-state index contributed by atoms with van der Waals surface area (Å²) in [5.41, 5.74) is 1.85. The Labute approximate surface area is 114 Å². The van der Waals surface area contributed by atoms with Crippen molar-refractivity contribution in [3.05, 3.63) is 67.0 Å². The van der Waals surface area contributed by atoms with Crippen LogP contribution in [-0.2, 0) is 0 Å². The maximum Gasteiger partial charge on any atom is 0.321 e. The van der Waals surface area contributed by atoms with Crippen molar-refractivity contribution in [1.82, 2.24) is 9.97 Å². The number of halogens is 1. The quantitative estimate of drug-likeness (QED) is 0.733. The van der Waals surface area contributed by atoms with Crippen molar-refractivity contribution in [1.29, 1.82) is 0 Å². The van der Waals surface area contributed by atoms with Crippen LogP contribution in [0.4, 0.5) is 4.39 Å². The van der Waals surface area contributed by atoms with E-state index in [9.17, 15) is 4.39 Å². The molecule has 0 spiro atoms. The maximum atomic E-state index is 13.0. The second-order valence-corrected chi connectivity index (χ2v) is 4.11. The van der Waals surface area contributed by atoms with Crippen LogP contribution in [0.1, 0.15) is 0 Å². The number of hydrogen-bond acceptors (Lipinski definition) is 3. The van der Waals surface area contributed by atoms with Gasteiger partial charge in [-0.05, 0) is 18.2 Å². The molecule has 0 saturated heterocycles. The average molecular weight is 268 g/mol. The molecule has 3 rings (SSSR count). The Morgan fingerprint density at radius 3 is 2.55 bits per heavy atom. The Balaban J connectivity index is 1.80. The Morgan fingerprint density at radius 1 is 1.00 bits per heavy atom. The predicted molar refractivity (Wildman–Crippen MR) is 70.5 cm³/mol. The van der Waals surface area contributed by atoms with Gasteiger partial charge < -0.3 is 4.74 Å². The van der Waals surface area contributed by atoms with E-state index >= 15 is 0 Å². The molecule has 3 aromatic rings. The van der Waals surface area contributed by atoms with Gasteiger partial charge in [-0.3, -0.25) is 0 Å². The zero-order valence-electron chi connectivity index (χ0n) is 10.5. The van der Waals surface area contributed by atoms with E-state index in [-0.39, 0.29) is 11.8 Å². The highest BCUT2D eigenvalue weighted by atomic mass is 19.1. The molecule has 20 heavy (non-hydrogen) atoms. The molecule has 2 heterocycles. The zero-order valence-corrected chi connectivity index (χ0v) is 10.5. The molecule has 0 atom stereocenters. The van der Waals surface area contributed by atoms with Gasteiger partial charge in [0.2, 0.25) is 0 Å². The summed E-state index contributed by atoms with van der Waals surface area (Å²) in [5, 5.41) is 0. The van der Waals surface area contributed by atoms with Crippen molar-refractivity contribution >= 4 is 0 Å². The number of pyridine rings is 1. The van der Waals surface area contributed by atoms with Gasteiger partial charge >= 0.3 is 6.01 Å². The normalized spacial score (nSPS) is 10.2. The minimum Gasteiger partial charge on any atom is -0.424 e. The minimum atomic E-state index is -0.362. The van der Waals surface area contributed by atoms with Gasteiger partial charge in [0.15, 0.2) is 12.4 Å². The van der Waals surface area contributed by atoms with Crippen molar-refractivity contribution in [2.45, 2.75) is 0 Å². The number of aromatic amines is 1. The van der Waals surface area contributed by atoms with Gasteiger partial charge in [0.05, 0.1) is 0 Å². The van der Waals surface area contributed by atoms with E-state index in [0.29, 0.717) is 5.75 Å². The van der Waals surface area contributed by atoms with E-state index in [4.69, 9.17) is 4.74 Å². The van der Waals surface area contributed by atoms with Crippen LogP contribution < -0.4 is 9.72 Å². The Kier molecular flexibility index (Phi) is 3.33. The monoisotopic (exact) mass is 268 g/mol. The summed E-state index contributed by atoms with van der Waals surface area (Å²) in [4.78, 5) is 11.2. The summed E-state index contributed by atoms with van der Waals surface area (Å²) in [6.45, 7) is 0. The van der Waals surface area contributed by atoms with Crippen molar-refractivity contribution < 1.29 is 14.1 Å². The summed E-state index contributed by atoms with van der Waals surface area (Å²) < 4.78 is 18.4. The molecular formula is C15H11FN3O+. The standard InChI is InChI=1S/C15H10FN3O/c16-13-4-1-5-14(7-13)20-15-18-9-12(10-19-15)11-3-2-6-17-8-11/h1-10H/p+1. The highest BCUT2D eigenvalue weighted by Crippen LogP contribution is 2.20. The van der Waals surface area contributed by atoms with E-state index in [2.05, 4.69) is 15.0 Å². The van der Waals surface area contributed by atoms with Gasteiger partial charge in [-0.25, -0.2) is 19.3 Å². The molecule has 0 aliphatic heterocycles. The van der Waals surface area contributed by atoms with Gasteiger partial charge in [-0.15, -0.1) is 0 Å². The molecule has 1 N–H and O–H groups in total. The first kappa shape index (κ1) is 12.2. The molecule has 0 radical (unpaired) electrons. The first-order chi connectivity index (χ1) is 9.81. The molecule has 98 valence electrons. The van der Waals surface area contributed by atoms with Gasteiger partial charge in [0.1, 0.15) is 11.6 Å². The van der Waals surface area contributed by atoms with Gasteiger partial charge in [-0.2, -0.15) is 0 Å². The fourth-order valence-electron chi connectivity index (χ4n) is 1.73. The SMILES string of the molecule is Fc1cccc(Oc2ncc(-c3ccc[nH+]c3)cn2)c1. The number of H-pyrrole nitrogens is 1.